The number of nitrogens with zero attached hydrogens (tertiary/aromatic N) is 3. The van der Waals surface area contributed by atoms with E-state index in [9.17, 15) is 4.79 Å². The Morgan fingerprint density at radius 1 is 1.23 bits per heavy atom. The van der Waals surface area contributed by atoms with Crippen molar-refractivity contribution < 1.29 is 18.7 Å². The molecule has 0 saturated carbocycles. The molecule has 0 radical (unpaired) electrons. The Hall–Kier alpha value is -2.78. The van der Waals surface area contributed by atoms with Gasteiger partial charge >= 0.3 is 0 Å². The molecule has 132 valence electrons. The van der Waals surface area contributed by atoms with Crippen LogP contribution in [-0.4, -0.2) is 33.6 Å². The number of halogens is 1. The third-order valence-corrected chi connectivity index (χ3v) is 4.51. The molecule has 4 rings (SSSR count). The quantitative estimate of drug-likeness (QED) is 0.523. The first-order chi connectivity index (χ1) is 12.7. The van der Waals surface area contributed by atoms with E-state index < -0.39 is 0 Å². The molecule has 1 amide bonds. The van der Waals surface area contributed by atoms with Crippen molar-refractivity contribution in [3.05, 3.63) is 41.7 Å². The number of amides is 1. The molecule has 2 aromatic heterocycles. The number of carbonyl (C=O) groups excluding carboxylic acids is 1. The minimum Gasteiger partial charge on any atom is -0.454 e. The van der Waals surface area contributed by atoms with Crippen LogP contribution in [0.15, 0.2) is 46.2 Å². The first-order valence-electron chi connectivity index (χ1n) is 7.46. The first-order valence-corrected chi connectivity index (χ1v) is 8.82. The summed E-state index contributed by atoms with van der Waals surface area (Å²) >= 11 is 7.03. The van der Waals surface area contributed by atoms with Gasteiger partial charge in [0, 0.05) is 11.8 Å². The van der Waals surface area contributed by atoms with Crippen LogP contribution >= 0.6 is 23.4 Å². The van der Waals surface area contributed by atoms with Crippen molar-refractivity contribution in [1.82, 2.24) is 15.2 Å². The zero-order valence-corrected chi connectivity index (χ0v) is 14.7. The minimum absolute atomic E-state index is 0.0913. The highest BCUT2D eigenvalue weighted by molar-refractivity contribution is 7.99. The van der Waals surface area contributed by atoms with E-state index in [1.165, 1.54) is 0 Å². The molecular weight excluding hydrogens is 380 g/mol. The Bertz CT molecular complexity index is 965. The number of rotatable bonds is 5. The van der Waals surface area contributed by atoms with Crippen LogP contribution in [0.5, 0.6) is 11.5 Å². The lowest BCUT2D eigenvalue weighted by atomic mass is 10.2. The van der Waals surface area contributed by atoms with Crippen LogP contribution in [0.25, 0.3) is 11.5 Å². The largest absolute Gasteiger partial charge is 0.454 e. The third-order valence-electron chi connectivity index (χ3n) is 3.39. The third kappa shape index (κ3) is 3.58. The molecule has 0 bridgehead atoms. The second-order valence-corrected chi connectivity index (χ2v) is 6.40. The Balaban J connectivity index is 1.38. The number of hydrogen-bond donors (Lipinski definition) is 1. The maximum atomic E-state index is 12.0. The molecule has 1 aromatic carbocycles. The SMILES string of the molecule is O=C(CSc1nnc(-c2ccc3c(c2)OCO3)o1)Nc1cccnc1Cl. The van der Waals surface area contributed by atoms with Gasteiger partial charge < -0.3 is 19.2 Å². The van der Waals surface area contributed by atoms with Gasteiger partial charge in [-0.2, -0.15) is 0 Å². The van der Waals surface area contributed by atoms with Gasteiger partial charge in [0.05, 0.1) is 11.4 Å². The van der Waals surface area contributed by atoms with Gasteiger partial charge in [0.1, 0.15) is 0 Å². The van der Waals surface area contributed by atoms with E-state index in [1.54, 1.807) is 36.5 Å². The van der Waals surface area contributed by atoms with Crippen molar-refractivity contribution >= 4 is 35.0 Å². The topological polar surface area (TPSA) is 99.4 Å². The molecule has 1 aliphatic rings. The number of thioether (sulfide) groups is 1. The number of nitrogens with one attached hydrogen (secondary N) is 1. The van der Waals surface area contributed by atoms with Crippen LogP contribution in [0.2, 0.25) is 5.15 Å². The highest BCUT2D eigenvalue weighted by Gasteiger charge is 2.17. The van der Waals surface area contributed by atoms with Crippen LogP contribution in [0.3, 0.4) is 0 Å². The molecule has 0 saturated heterocycles. The number of ether oxygens (including phenoxy) is 2. The summed E-state index contributed by atoms with van der Waals surface area (Å²) in [6.07, 6.45) is 1.54. The molecule has 8 nitrogen and oxygen atoms in total. The first kappa shape index (κ1) is 16.7. The highest BCUT2D eigenvalue weighted by Crippen LogP contribution is 2.36. The summed E-state index contributed by atoms with van der Waals surface area (Å²) in [7, 11) is 0. The zero-order valence-electron chi connectivity index (χ0n) is 13.1. The summed E-state index contributed by atoms with van der Waals surface area (Å²) < 4.78 is 16.2. The average molecular weight is 391 g/mol. The van der Waals surface area contributed by atoms with Gasteiger partial charge in [-0.3, -0.25) is 4.79 Å². The van der Waals surface area contributed by atoms with E-state index in [2.05, 4.69) is 20.5 Å². The Labute approximate surface area is 156 Å². The smallest absolute Gasteiger partial charge is 0.277 e. The molecule has 10 heteroatoms. The predicted molar refractivity (Wildman–Crippen MR) is 94.5 cm³/mol. The van der Waals surface area contributed by atoms with Crippen molar-refractivity contribution in [2.75, 3.05) is 17.9 Å². The number of hydrogen-bond acceptors (Lipinski definition) is 8. The van der Waals surface area contributed by atoms with E-state index in [-0.39, 0.29) is 28.8 Å². The normalized spacial score (nSPS) is 12.2. The molecule has 26 heavy (non-hydrogen) atoms. The second kappa shape index (κ2) is 7.22. The molecule has 0 fully saturated rings. The number of benzene rings is 1. The van der Waals surface area contributed by atoms with E-state index >= 15 is 0 Å². The molecule has 0 aliphatic carbocycles. The van der Waals surface area contributed by atoms with Gasteiger partial charge in [-0.05, 0) is 30.3 Å². The van der Waals surface area contributed by atoms with E-state index in [1.807, 2.05) is 0 Å². The lowest BCUT2D eigenvalue weighted by Gasteiger charge is -2.04. The fourth-order valence-corrected chi connectivity index (χ4v) is 2.94. The maximum Gasteiger partial charge on any atom is 0.277 e. The summed E-state index contributed by atoms with van der Waals surface area (Å²) in [5.74, 6) is 1.47. The van der Waals surface area contributed by atoms with Crippen molar-refractivity contribution in [1.29, 1.82) is 0 Å². The predicted octanol–water partition coefficient (Wildman–Crippen LogP) is 3.24. The molecule has 1 N–H and O–H groups in total. The Morgan fingerprint density at radius 2 is 2.12 bits per heavy atom. The summed E-state index contributed by atoms with van der Waals surface area (Å²) in [5.41, 5.74) is 1.16. The molecular formula is C16H11ClN4O4S. The standard InChI is InChI=1S/C16H11ClN4O4S/c17-14-10(2-1-5-18-14)19-13(22)7-26-16-21-20-15(25-16)9-3-4-11-12(6-9)24-8-23-11/h1-6H,7-8H2,(H,19,22). The fourth-order valence-electron chi connectivity index (χ4n) is 2.21. The number of fused-ring (bicyclic) bond motifs is 1. The van der Waals surface area contributed by atoms with Crippen molar-refractivity contribution in [2.45, 2.75) is 5.22 Å². The Kier molecular flexibility index (Phi) is 4.63. The molecule has 1 aliphatic heterocycles. The summed E-state index contributed by atoms with van der Waals surface area (Å²) in [6.45, 7) is 0.194. The molecule has 3 heterocycles. The Morgan fingerprint density at radius 3 is 3.00 bits per heavy atom. The second-order valence-electron chi connectivity index (χ2n) is 5.12. The molecule has 0 unspecified atom stereocenters. The van der Waals surface area contributed by atoms with E-state index in [0.29, 0.717) is 28.6 Å². The number of anilines is 1. The van der Waals surface area contributed by atoms with Crippen molar-refractivity contribution in [3.63, 3.8) is 0 Å². The fraction of sp³-hybridized carbons (Fsp3) is 0.125. The van der Waals surface area contributed by atoms with Crippen LogP contribution in [0, 0.1) is 0 Å². The van der Waals surface area contributed by atoms with Gasteiger partial charge in [-0.15, -0.1) is 10.2 Å². The van der Waals surface area contributed by atoms with Gasteiger partial charge in [0.25, 0.3) is 5.22 Å². The number of aromatic nitrogens is 3. The summed E-state index contributed by atoms with van der Waals surface area (Å²) in [4.78, 5) is 15.9. The van der Waals surface area contributed by atoms with Gasteiger partial charge in [-0.1, -0.05) is 23.4 Å². The summed E-state index contributed by atoms with van der Waals surface area (Å²) in [5, 5.41) is 11.1. The van der Waals surface area contributed by atoms with Crippen LogP contribution in [-0.2, 0) is 4.79 Å². The average Bonchev–Trinajstić information content (AvgIpc) is 3.30. The monoisotopic (exact) mass is 390 g/mol. The zero-order chi connectivity index (χ0) is 17.9. The number of carbonyl (C=O) groups is 1. The van der Waals surface area contributed by atoms with Crippen LogP contribution in [0.1, 0.15) is 0 Å². The highest BCUT2D eigenvalue weighted by atomic mass is 35.5. The maximum absolute atomic E-state index is 12.0. The van der Waals surface area contributed by atoms with Gasteiger partial charge in [-0.25, -0.2) is 4.98 Å². The van der Waals surface area contributed by atoms with Crippen LogP contribution < -0.4 is 14.8 Å². The minimum atomic E-state index is -0.257. The molecule has 0 spiro atoms. The van der Waals surface area contributed by atoms with Crippen molar-refractivity contribution in [3.8, 4) is 23.0 Å². The lowest BCUT2D eigenvalue weighted by molar-refractivity contribution is -0.113. The van der Waals surface area contributed by atoms with E-state index in [0.717, 1.165) is 11.8 Å². The van der Waals surface area contributed by atoms with Crippen LogP contribution in [0.4, 0.5) is 5.69 Å². The number of pyridine rings is 1. The lowest BCUT2D eigenvalue weighted by Crippen LogP contribution is -2.14. The van der Waals surface area contributed by atoms with Gasteiger partial charge in [0.2, 0.25) is 18.6 Å². The molecule has 0 atom stereocenters. The summed E-state index contributed by atoms with van der Waals surface area (Å²) in [6, 6.07) is 8.69. The van der Waals surface area contributed by atoms with Gasteiger partial charge in [0.15, 0.2) is 16.7 Å². The molecule has 3 aromatic rings. The van der Waals surface area contributed by atoms with E-state index in [4.69, 9.17) is 25.5 Å². The van der Waals surface area contributed by atoms with Crippen molar-refractivity contribution in [2.24, 2.45) is 0 Å².